The Bertz CT molecular complexity index is 517. The van der Waals surface area contributed by atoms with Gasteiger partial charge in [-0.15, -0.1) is 0 Å². The van der Waals surface area contributed by atoms with Gasteiger partial charge in [0.05, 0.1) is 6.20 Å². The zero-order valence-corrected chi connectivity index (χ0v) is 13.4. The molecule has 0 N–H and O–H groups in total. The van der Waals surface area contributed by atoms with E-state index in [1.54, 1.807) is 17.4 Å². The Hall–Kier alpha value is -0.440. The summed E-state index contributed by atoms with van der Waals surface area (Å²) in [4.78, 5) is 2.29. The fourth-order valence-electron chi connectivity index (χ4n) is 2.28. The molecule has 0 unspecified atom stereocenters. The van der Waals surface area contributed by atoms with Crippen LogP contribution >= 0.6 is 15.9 Å². The molecule has 0 amide bonds. The summed E-state index contributed by atoms with van der Waals surface area (Å²) >= 11 is 3.42. The number of halogens is 1. The van der Waals surface area contributed by atoms with Crippen molar-refractivity contribution in [1.29, 1.82) is 0 Å². The van der Waals surface area contributed by atoms with Gasteiger partial charge < -0.3 is 4.90 Å². The summed E-state index contributed by atoms with van der Waals surface area (Å²) < 4.78 is 28.0. The van der Waals surface area contributed by atoms with E-state index in [0.717, 1.165) is 31.4 Å². The molecule has 0 radical (unpaired) electrons. The second-order valence-corrected chi connectivity index (χ2v) is 7.26. The van der Waals surface area contributed by atoms with Gasteiger partial charge in [0.15, 0.2) is 5.03 Å². The van der Waals surface area contributed by atoms with E-state index < -0.39 is 10.0 Å². The van der Waals surface area contributed by atoms with Crippen molar-refractivity contribution in [3.8, 4) is 0 Å². The predicted octanol–water partition coefficient (Wildman–Crippen LogP) is 0.511. The fraction of sp³-hybridized carbons (Fsp3) is 0.727. The molecule has 0 atom stereocenters. The molecule has 0 spiro atoms. The minimum atomic E-state index is -3.42. The number of rotatable bonds is 4. The van der Waals surface area contributed by atoms with Crippen molar-refractivity contribution < 1.29 is 8.42 Å². The molecule has 1 saturated heterocycles. The fourth-order valence-corrected chi connectivity index (χ4v) is 4.35. The van der Waals surface area contributed by atoms with Crippen LogP contribution in [-0.4, -0.2) is 65.5 Å². The third-order valence-electron chi connectivity index (χ3n) is 3.33. The average molecular weight is 351 g/mol. The van der Waals surface area contributed by atoms with Gasteiger partial charge in [0.25, 0.3) is 10.0 Å². The maximum Gasteiger partial charge on any atom is 0.260 e. The van der Waals surface area contributed by atoms with E-state index >= 15 is 0 Å². The minimum absolute atomic E-state index is 0.265. The van der Waals surface area contributed by atoms with Crippen LogP contribution < -0.4 is 0 Å². The number of alkyl halides is 1. The molecular weight excluding hydrogens is 332 g/mol. The van der Waals surface area contributed by atoms with Gasteiger partial charge >= 0.3 is 0 Å². The summed E-state index contributed by atoms with van der Waals surface area (Å²) in [7, 11) is -1.76. The smallest absolute Gasteiger partial charge is 0.260 e. The summed E-state index contributed by atoms with van der Waals surface area (Å²) in [5.41, 5.74) is 0. The van der Waals surface area contributed by atoms with Crippen LogP contribution in [0.25, 0.3) is 0 Å². The summed E-state index contributed by atoms with van der Waals surface area (Å²) in [5, 5.41) is 5.12. The van der Waals surface area contributed by atoms with E-state index in [1.807, 2.05) is 0 Å². The maximum atomic E-state index is 12.5. The van der Waals surface area contributed by atoms with Crippen LogP contribution in [0.4, 0.5) is 0 Å². The van der Waals surface area contributed by atoms with Crippen LogP contribution in [0.3, 0.4) is 0 Å². The lowest BCUT2D eigenvalue weighted by Crippen LogP contribution is -2.36. The lowest BCUT2D eigenvalue weighted by molar-refractivity contribution is 0.304. The molecule has 2 heterocycles. The zero-order chi connectivity index (χ0) is 13.9. The van der Waals surface area contributed by atoms with Crippen LogP contribution in [0, 0.1) is 0 Å². The molecule has 2 rings (SSSR count). The van der Waals surface area contributed by atoms with Gasteiger partial charge in [0.1, 0.15) is 0 Å². The molecule has 6 nitrogen and oxygen atoms in total. The molecule has 1 fully saturated rings. The topological polar surface area (TPSA) is 58.4 Å². The first-order valence-corrected chi connectivity index (χ1v) is 8.88. The Morgan fingerprint density at radius 3 is 2.74 bits per heavy atom. The Kier molecular flexibility index (Phi) is 4.99. The molecule has 1 aromatic rings. The van der Waals surface area contributed by atoms with Gasteiger partial charge in [-0.1, -0.05) is 15.9 Å². The normalized spacial score (nSPS) is 19.5. The number of sulfonamides is 1. The van der Waals surface area contributed by atoms with E-state index in [0.29, 0.717) is 13.1 Å². The average Bonchev–Trinajstić information content (AvgIpc) is 2.66. The third kappa shape index (κ3) is 3.36. The van der Waals surface area contributed by atoms with Crippen molar-refractivity contribution >= 4 is 26.0 Å². The second kappa shape index (κ2) is 6.34. The molecule has 1 aromatic heterocycles. The zero-order valence-electron chi connectivity index (χ0n) is 11.0. The SMILES string of the molecule is Cn1nccc1S(=O)(=O)N1CCCN(CCBr)CC1. The molecule has 0 aromatic carbocycles. The summed E-state index contributed by atoms with van der Waals surface area (Å²) in [6.45, 7) is 3.80. The first-order chi connectivity index (χ1) is 9.05. The van der Waals surface area contributed by atoms with Crippen LogP contribution in [0.5, 0.6) is 0 Å². The highest BCUT2D eigenvalue weighted by molar-refractivity contribution is 9.09. The molecule has 1 aliphatic rings. The van der Waals surface area contributed by atoms with Crippen molar-refractivity contribution in [3.05, 3.63) is 12.3 Å². The highest BCUT2D eigenvalue weighted by Gasteiger charge is 2.28. The van der Waals surface area contributed by atoms with Gasteiger partial charge in [-0.25, -0.2) is 8.42 Å². The molecule has 19 heavy (non-hydrogen) atoms. The monoisotopic (exact) mass is 350 g/mol. The van der Waals surface area contributed by atoms with Crippen molar-refractivity contribution in [2.24, 2.45) is 7.05 Å². The summed E-state index contributed by atoms with van der Waals surface area (Å²) in [5.74, 6) is 0. The summed E-state index contributed by atoms with van der Waals surface area (Å²) in [6.07, 6.45) is 2.38. The first kappa shape index (κ1) is 15.0. The predicted molar refractivity (Wildman–Crippen MR) is 76.8 cm³/mol. The second-order valence-electron chi connectivity index (χ2n) is 4.58. The van der Waals surface area contributed by atoms with Crippen LogP contribution in [0.15, 0.2) is 17.3 Å². The van der Waals surface area contributed by atoms with E-state index in [9.17, 15) is 8.42 Å². The van der Waals surface area contributed by atoms with Crippen molar-refractivity contribution in [1.82, 2.24) is 19.0 Å². The van der Waals surface area contributed by atoms with Crippen molar-refractivity contribution in [2.75, 3.05) is 38.1 Å². The standard InChI is InChI=1S/C11H19BrN4O2S/c1-14-11(3-5-13-14)19(17,18)16-7-2-6-15(8-4-12)9-10-16/h3,5H,2,4,6-10H2,1H3. The Morgan fingerprint density at radius 1 is 1.32 bits per heavy atom. The van der Waals surface area contributed by atoms with Crippen molar-refractivity contribution in [2.45, 2.75) is 11.4 Å². The number of aromatic nitrogens is 2. The molecule has 8 heteroatoms. The quantitative estimate of drug-likeness (QED) is 0.742. The third-order valence-corrected chi connectivity index (χ3v) is 5.66. The lowest BCUT2D eigenvalue weighted by atomic mass is 10.4. The molecular formula is C11H19BrN4O2S. The number of hydrogen-bond acceptors (Lipinski definition) is 4. The minimum Gasteiger partial charge on any atom is -0.301 e. The maximum absolute atomic E-state index is 12.5. The van der Waals surface area contributed by atoms with E-state index in [4.69, 9.17) is 0 Å². The largest absolute Gasteiger partial charge is 0.301 e. The van der Waals surface area contributed by atoms with E-state index in [1.165, 1.54) is 10.9 Å². The van der Waals surface area contributed by atoms with Gasteiger partial charge in [0, 0.05) is 38.6 Å². The van der Waals surface area contributed by atoms with E-state index in [2.05, 4.69) is 25.9 Å². The lowest BCUT2D eigenvalue weighted by Gasteiger charge is -2.21. The Morgan fingerprint density at radius 2 is 2.11 bits per heavy atom. The highest BCUT2D eigenvalue weighted by Crippen LogP contribution is 2.16. The van der Waals surface area contributed by atoms with Gasteiger partial charge in [-0.05, 0) is 19.0 Å². The summed E-state index contributed by atoms with van der Waals surface area (Å²) in [6, 6.07) is 1.55. The molecule has 0 aliphatic carbocycles. The molecule has 0 saturated carbocycles. The van der Waals surface area contributed by atoms with Crippen LogP contribution in [0.1, 0.15) is 6.42 Å². The van der Waals surface area contributed by atoms with Crippen molar-refractivity contribution in [3.63, 3.8) is 0 Å². The van der Waals surface area contributed by atoms with Gasteiger partial charge in [0.2, 0.25) is 0 Å². The number of nitrogens with zero attached hydrogens (tertiary/aromatic N) is 4. The molecule has 0 bridgehead atoms. The highest BCUT2D eigenvalue weighted by atomic mass is 79.9. The molecule has 1 aliphatic heterocycles. The molecule has 108 valence electrons. The Balaban J connectivity index is 2.12. The number of aryl methyl sites for hydroxylation is 1. The van der Waals surface area contributed by atoms with E-state index in [-0.39, 0.29) is 5.03 Å². The first-order valence-electron chi connectivity index (χ1n) is 6.32. The van der Waals surface area contributed by atoms with Crippen LogP contribution in [-0.2, 0) is 17.1 Å². The van der Waals surface area contributed by atoms with Gasteiger partial charge in [-0.3, -0.25) is 4.68 Å². The van der Waals surface area contributed by atoms with Crippen LogP contribution in [0.2, 0.25) is 0 Å². The van der Waals surface area contributed by atoms with Gasteiger partial charge in [-0.2, -0.15) is 9.40 Å². The number of hydrogen-bond donors (Lipinski definition) is 0. The Labute approximate surface area is 122 Å².